The number of benzene rings is 28. The Balaban J connectivity index is 0.000000114. The van der Waals surface area contributed by atoms with Crippen molar-refractivity contribution >= 4 is 217 Å². The second-order valence-corrected chi connectivity index (χ2v) is 36.4. The average molecular weight is 1840 g/mol. The molecule has 0 aliphatic heterocycles. The third-order valence-corrected chi connectivity index (χ3v) is 28.5. The molecule has 0 N–H and O–H groups in total. The standard InChI is InChI=1S/C50H30O.C46H28O.C44H26O/c1-2-13-34-30-47-45(28-33(34)12-1)44-29-37(25-26-46(44)51-47)50-42-20-7-5-18-40(42)49(41-19-6-8-21-43(41)50)36-16-9-15-35(27-36)39-22-10-14-32-24-23-31-11-3-4-17-38(31)48(32)39;1-2-10-32-25-35(22-19-29(32)9-1)30-17-20-31(21-18-30)45-37-13-5-7-15-39(37)46(40-16-8-6-14-38(40)45)36-23-24-43-41(27-36)42-26-33-11-3-4-12-34(33)28-44(42)47-43;1-2-12-30-26-41-39(24-29(30)11-1)38-25-31(22-23-40(38)45-41)43-33-15-5-7-17-35(33)44(36-18-8-6-16-34(36)43)37-19-9-13-28-21-20-27-10-3-4-14-32(27)42(28)37/h1-30H;1-28H;1-26H/i5D,6D,7D,8D,18D,19D,20D,21D;5D,6D,7D,8D,13D,14D,15D,16D;5D,6D,7D,8D,15D,16D,17D,18D. The molecular weight excluding hydrogens is 1730 g/mol. The maximum Gasteiger partial charge on any atom is 0.136 e. The van der Waals surface area contributed by atoms with Crippen LogP contribution in [0.2, 0.25) is 0 Å². The van der Waals surface area contributed by atoms with Crippen molar-refractivity contribution in [2.75, 3.05) is 0 Å². The first-order valence-corrected chi connectivity index (χ1v) is 47.3. The fourth-order valence-corrected chi connectivity index (χ4v) is 22.0. The summed E-state index contributed by atoms with van der Waals surface area (Å²) in [5.41, 5.74) is 12.8. The van der Waals surface area contributed by atoms with Gasteiger partial charge in [-0.1, -0.05) is 424 Å². The molecule has 3 aromatic heterocycles. The van der Waals surface area contributed by atoms with Crippen LogP contribution in [0.25, 0.3) is 306 Å². The first-order valence-electron chi connectivity index (χ1n) is 59.3. The molecule has 0 amide bonds. The van der Waals surface area contributed by atoms with Crippen LogP contribution in [0.4, 0.5) is 0 Å². The zero-order valence-electron chi connectivity index (χ0n) is 99.9. The number of furan rings is 3. The molecule has 0 saturated carbocycles. The summed E-state index contributed by atoms with van der Waals surface area (Å²) in [7, 11) is 0. The summed E-state index contributed by atoms with van der Waals surface area (Å²) >= 11 is 0. The van der Waals surface area contributed by atoms with E-state index in [1.165, 1.54) is 0 Å². The second-order valence-electron chi connectivity index (χ2n) is 36.4. The molecule has 0 aliphatic carbocycles. The van der Waals surface area contributed by atoms with Gasteiger partial charge in [0.15, 0.2) is 0 Å². The third-order valence-electron chi connectivity index (χ3n) is 28.5. The molecule has 31 aromatic rings. The minimum atomic E-state index is -0.437. The van der Waals surface area contributed by atoms with Gasteiger partial charge in [-0.2, -0.15) is 0 Å². The quantitative estimate of drug-likeness (QED) is 0.112. The van der Waals surface area contributed by atoms with Crippen molar-refractivity contribution in [3.63, 3.8) is 0 Å². The summed E-state index contributed by atoms with van der Waals surface area (Å²) in [6.07, 6.45) is 0. The summed E-state index contributed by atoms with van der Waals surface area (Å²) in [4.78, 5) is 0. The van der Waals surface area contributed by atoms with E-state index < -0.39 is 72.5 Å². The van der Waals surface area contributed by atoms with Crippen LogP contribution in [0, 0.1) is 0 Å². The van der Waals surface area contributed by atoms with Crippen molar-refractivity contribution < 1.29 is 46.1 Å². The van der Waals surface area contributed by atoms with E-state index in [1.807, 2.05) is 267 Å². The fourth-order valence-electron chi connectivity index (χ4n) is 22.0. The van der Waals surface area contributed by atoms with E-state index in [9.17, 15) is 16.4 Å². The smallest absolute Gasteiger partial charge is 0.136 e. The summed E-state index contributed by atoms with van der Waals surface area (Å²) < 4.78 is 238. The van der Waals surface area contributed by atoms with E-state index in [0.717, 1.165) is 141 Å². The van der Waals surface area contributed by atoms with Crippen molar-refractivity contribution in [2.45, 2.75) is 0 Å². The van der Waals surface area contributed by atoms with Crippen LogP contribution in [0.3, 0.4) is 0 Å². The van der Waals surface area contributed by atoms with Gasteiger partial charge >= 0.3 is 0 Å². The molecule has 0 fully saturated rings. The van der Waals surface area contributed by atoms with E-state index in [1.54, 1.807) is 18.2 Å². The number of rotatable bonds is 8. The van der Waals surface area contributed by atoms with Gasteiger partial charge in [-0.05, 0) is 325 Å². The summed E-state index contributed by atoms with van der Waals surface area (Å²) in [5.74, 6) is 0. The molecule has 28 aromatic carbocycles. The zero-order valence-corrected chi connectivity index (χ0v) is 75.9. The highest BCUT2D eigenvalue weighted by atomic mass is 16.3. The lowest BCUT2D eigenvalue weighted by molar-refractivity contribution is 0.669. The molecule has 0 aliphatic rings. The second kappa shape index (κ2) is 33.0. The van der Waals surface area contributed by atoms with Crippen LogP contribution in [0.5, 0.6) is 0 Å². The predicted molar refractivity (Wildman–Crippen MR) is 610 cm³/mol. The maximum atomic E-state index is 9.48. The summed E-state index contributed by atoms with van der Waals surface area (Å²) in [6, 6.07) is 110. The van der Waals surface area contributed by atoms with Gasteiger partial charge in [-0.15, -0.1) is 0 Å². The van der Waals surface area contributed by atoms with Gasteiger partial charge in [-0.3, -0.25) is 0 Å². The highest BCUT2D eigenvalue weighted by molar-refractivity contribution is 6.29. The minimum absolute atomic E-state index is 0.169. The van der Waals surface area contributed by atoms with Crippen LogP contribution < -0.4 is 0 Å². The van der Waals surface area contributed by atoms with Gasteiger partial charge in [-0.25, -0.2) is 0 Å². The van der Waals surface area contributed by atoms with E-state index in [0.29, 0.717) is 100 Å². The van der Waals surface area contributed by atoms with Crippen molar-refractivity contribution in [1.29, 1.82) is 0 Å². The van der Waals surface area contributed by atoms with E-state index in [2.05, 4.69) is 78.9 Å². The lowest BCUT2D eigenvalue weighted by Gasteiger charge is -2.19. The number of hydrogen-bond donors (Lipinski definition) is 0. The molecule has 0 atom stereocenters. The van der Waals surface area contributed by atoms with Gasteiger partial charge in [0.05, 0.1) is 32.9 Å². The van der Waals surface area contributed by atoms with Gasteiger partial charge < -0.3 is 13.3 Å². The fraction of sp³-hybridized carbons (Fsp3) is 0. The Morgan fingerprint density at radius 1 is 0.126 bits per heavy atom. The van der Waals surface area contributed by atoms with Crippen LogP contribution >= 0.6 is 0 Å². The number of hydrogen-bond acceptors (Lipinski definition) is 3. The zero-order chi connectivity index (χ0) is 115. The van der Waals surface area contributed by atoms with E-state index >= 15 is 0 Å². The van der Waals surface area contributed by atoms with Crippen molar-refractivity contribution in [3.8, 4) is 89.0 Å². The Morgan fingerprint density at radius 3 is 0.762 bits per heavy atom. The van der Waals surface area contributed by atoms with E-state index in [4.69, 9.17) is 29.7 Å². The largest absolute Gasteiger partial charge is 0.456 e. The summed E-state index contributed by atoms with van der Waals surface area (Å²) in [6.45, 7) is 0. The van der Waals surface area contributed by atoms with Gasteiger partial charge in [0, 0.05) is 32.3 Å². The molecule has 0 radical (unpaired) electrons. The maximum absolute atomic E-state index is 9.48. The van der Waals surface area contributed by atoms with E-state index in [-0.39, 0.29) is 137 Å². The van der Waals surface area contributed by atoms with Crippen LogP contribution in [-0.2, 0) is 0 Å². The molecule has 3 heteroatoms. The highest BCUT2D eigenvalue weighted by Crippen LogP contribution is 2.53. The third kappa shape index (κ3) is 13.4. The summed E-state index contributed by atoms with van der Waals surface area (Å²) in [5, 5.41) is 23.3. The average Bonchev–Trinajstić information content (AvgIpc) is 1.46. The Kier molecular flexibility index (Phi) is 14.0. The van der Waals surface area contributed by atoms with Crippen LogP contribution in [0.1, 0.15) is 32.9 Å². The molecule has 0 bridgehead atoms. The highest BCUT2D eigenvalue weighted by Gasteiger charge is 2.26. The van der Waals surface area contributed by atoms with Crippen LogP contribution in [0.15, 0.2) is 522 Å². The monoisotopic (exact) mass is 1840 g/mol. The van der Waals surface area contributed by atoms with Gasteiger partial charge in [0.2, 0.25) is 0 Å². The molecule has 3 nitrogen and oxygen atoms in total. The molecule has 0 saturated heterocycles. The molecule has 662 valence electrons. The lowest BCUT2D eigenvalue weighted by atomic mass is 9.84. The lowest BCUT2D eigenvalue weighted by Crippen LogP contribution is -1.92. The van der Waals surface area contributed by atoms with Crippen molar-refractivity contribution in [1.82, 2.24) is 0 Å². The van der Waals surface area contributed by atoms with Crippen molar-refractivity contribution in [2.24, 2.45) is 0 Å². The number of fused-ring (bicyclic) bond motifs is 25. The Hall–Kier alpha value is -18.8. The molecule has 3 heterocycles. The SMILES string of the molecule is [2H]c1c([2H])c([2H])c2c(-c3ccc4oc5cc6ccccc6cc5c4c3)c3c([2H])c([2H])c([2H])c([2H])c3c(-c3ccc(-c4ccc5ccccc5c4)cc3)c2c1[2H].[2H]c1c([2H])c([2H])c2c(-c3ccc4oc5cc6ccccc6cc5c4c3)c3c([2H])c([2H])c([2H])c([2H])c3c(-c3cccc(-c4cccc5ccc6ccccc6c45)c3)c2c1[2H].[2H]c1c([2H])c([2H])c2c(-c3cccc4ccc5ccccc5c34)c3c([2H])c([2H])c([2H])c([2H])c3c(-c3ccc4oc5cc6ccccc6cc5c4c3)c2c1[2H]. The minimum Gasteiger partial charge on any atom is -0.456 e. The molecule has 31 rings (SSSR count). The molecule has 0 unspecified atom stereocenters. The van der Waals surface area contributed by atoms with Gasteiger partial charge in [0.25, 0.3) is 0 Å². The first-order chi connectivity index (χ1) is 80.8. The Labute approximate surface area is 856 Å². The molecular formula is C140H84O3. The van der Waals surface area contributed by atoms with Gasteiger partial charge in [0.1, 0.15) is 33.5 Å². The van der Waals surface area contributed by atoms with Crippen molar-refractivity contribution in [3.05, 3.63) is 509 Å². The predicted octanol–water partition coefficient (Wildman–Crippen LogP) is 40.2. The normalized spacial score (nSPS) is 14.3. The topological polar surface area (TPSA) is 39.4 Å². The first kappa shape index (κ1) is 60.7. The molecule has 0 spiro atoms. The van der Waals surface area contributed by atoms with Crippen LogP contribution in [-0.4, -0.2) is 0 Å². The molecule has 143 heavy (non-hydrogen) atoms. The Bertz CT molecular complexity index is 12100. The Morgan fingerprint density at radius 2 is 0.378 bits per heavy atom.